The van der Waals surface area contributed by atoms with E-state index >= 15 is 0 Å². The SMILES string of the molecule is C=C1C=NNC(=C)N1S. The zero-order valence-electron chi connectivity index (χ0n) is 4.83. The van der Waals surface area contributed by atoms with E-state index in [2.05, 4.69) is 36.5 Å². The zero-order valence-corrected chi connectivity index (χ0v) is 5.73. The van der Waals surface area contributed by atoms with Crippen LogP contribution in [0.3, 0.4) is 0 Å². The average molecular weight is 141 g/mol. The minimum Gasteiger partial charge on any atom is -0.271 e. The first-order valence-corrected chi connectivity index (χ1v) is 2.77. The first-order chi connectivity index (χ1) is 4.22. The van der Waals surface area contributed by atoms with Crippen LogP contribution in [0.1, 0.15) is 0 Å². The average Bonchev–Trinajstić information content (AvgIpc) is 1.83. The van der Waals surface area contributed by atoms with Crippen LogP contribution in [-0.2, 0) is 0 Å². The summed E-state index contributed by atoms with van der Waals surface area (Å²) in [5, 5.41) is 3.72. The molecule has 3 nitrogen and oxygen atoms in total. The van der Waals surface area contributed by atoms with Crippen molar-refractivity contribution in [2.45, 2.75) is 0 Å². The highest BCUT2D eigenvalue weighted by atomic mass is 32.1. The standard InChI is InChI=1S/C5H7N3S/c1-4-3-6-7-5(2)8(4)9/h3,7,9H,1-2H2. The summed E-state index contributed by atoms with van der Waals surface area (Å²) in [6.07, 6.45) is 1.57. The smallest absolute Gasteiger partial charge is 0.129 e. The van der Waals surface area contributed by atoms with Crippen LogP contribution in [0.2, 0.25) is 0 Å². The molecular weight excluding hydrogens is 134 g/mol. The van der Waals surface area contributed by atoms with Gasteiger partial charge >= 0.3 is 0 Å². The number of rotatable bonds is 0. The number of allylic oxidation sites excluding steroid dienone is 1. The molecule has 1 aliphatic heterocycles. The third-order valence-electron chi connectivity index (χ3n) is 0.935. The molecule has 0 aromatic carbocycles. The van der Waals surface area contributed by atoms with Gasteiger partial charge in [0.1, 0.15) is 5.82 Å². The number of nitrogens with zero attached hydrogens (tertiary/aromatic N) is 2. The van der Waals surface area contributed by atoms with Crippen molar-refractivity contribution in [2.75, 3.05) is 0 Å². The molecule has 4 heteroatoms. The Bertz CT molecular complexity index is 185. The van der Waals surface area contributed by atoms with Crippen LogP contribution in [0.25, 0.3) is 0 Å². The van der Waals surface area contributed by atoms with E-state index in [-0.39, 0.29) is 0 Å². The Hall–Kier alpha value is -0.900. The summed E-state index contributed by atoms with van der Waals surface area (Å²) in [6, 6.07) is 0. The van der Waals surface area contributed by atoms with Crippen molar-refractivity contribution in [1.82, 2.24) is 9.73 Å². The maximum Gasteiger partial charge on any atom is 0.129 e. The molecule has 0 atom stereocenters. The van der Waals surface area contributed by atoms with Gasteiger partial charge in [0, 0.05) is 0 Å². The van der Waals surface area contributed by atoms with E-state index in [4.69, 9.17) is 0 Å². The molecule has 0 aromatic rings. The molecule has 1 aliphatic rings. The fraction of sp³-hybridized carbons (Fsp3) is 0. The summed E-state index contributed by atoms with van der Waals surface area (Å²) >= 11 is 4.03. The Kier molecular flexibility index (Phi) is 1.48. The first-order valence-electron chi connectivity index (χ1n) is 2.37. The lowest BCUT2D eigenvalue weighted by atomic mass is 10.5. The van der Waals surface area contributed by atoms with Gasteiger partial charge in [0.2, 0.25) is 0 Å². The van der Waals surface area contributed by atoms with Crippen LogP contribution in [0, 0.1) is 0 Å². The Morgan fingerprint density at radius 1 is 1.67 bits per heavy atom. The molecule has 0 spiro atoms. The van der Waals surface area contributed by atoms with Crippen LogP contribution >= 0.6 is 12.8 Å². The lowest BCUT2D eigenvalue weighted by molar-refractivity contribution is 0.632. The minimum absolute atomic E-state index is 0.617. The van der Waals surface area contributed by atoms with Gasteiger partial charge in [-0.2, -0.15) is 5.10 Å². The lowest BCUT2D eigenvalue weighted by Crippen LogP contribution is -2.25. The number of hydrogen-bond acceptors (Lipinski definition) is 4. The van der Waals surface area contributed by atoms with Gasteiger partial charge in [-0.05, 0) is 0 Å². The highest BCUT2D eigenvalue weighted by Gasteiger charge is 2.07. The monoisotopic (exact) mass is 141 g/mol. The van der Waals surface area contributed by atoms with Crippen LogP contribution in [0.15, 0.2) is 29.8 Å². The van der Waals surface area contributed by atoms with Crippen molar-refractivity contribution < 1.29 is 0 Å². The van der Waals surface area contributed by atoms with Crippen molar-refractivity contribution in [3.8, 4) is 0 Å². The van der Waals surface area contributed by atoms with E-state index in [0.29, 0.717) is 11.5 Å². The van der Waals surface area contributed by atoms with Crippen LogP contribution in [0.5, 0.6) is 0 Å². The maximum atomic E-state index is 4.03. The number of nitrogens with one attached hydrogen (secondary N) is 1. The first kappa shape index (κ1) is 6.22. The molecule has 0 saturated carbocycles. The molecule has 1 rings (SSSR count). The molecule has 0 aromatic heterocycles. The predicted octanol–water partition coefficient (Wildman–Crippen LogP) is 0.707. The zero-order chi connectivity index (χ0) is 6.85. The van der Waals surface area contributed by atoms with Crippen LogP contribution < -0.4 is 5.43 Å². The van der Waals surface area contributed by atoms with Crippen molar-refractivity contribution in [1.29, 1.82) is 0 Å². The number of hydrogen-bond donors (Lipinski definition) is 2. The molecule has 0 fully saturated rings. The Balaban J connectivity index is 2.81. The maximum absolute atomic E-state index is 4.03. The fourth-order valence-corrected chi connectivity index (χ4v) is 0.553. The summed E-state index contributed by atoms with van der Waals surface area (Å²) in [5.41, 5.74) is 3.34. The topological polar surface area (TPSA) is 27.6 Å². The second kappa shape index (κ2) is 2.14. The van der Waals surface area contributed by atoms with Crippen molar-refractivity contribution in [2.24, 2.45) is 5.10 Å². The fourth-order valence-electron chi connectivity index (χ4n) is 0.457. The van der Waals surface area contributed by atoms with Gasteiger partial charge in [-0.25, -0.2) is 0 Å². The minimum atomic E-state index is 0.617. The van der Waals surface area contributed by atoms with Crippen LogP contribution in [-0.4, -0.2) is 10.5 Å². The van der Waals surface area contributed by atoms with Gasteiger partial charge < -0.3 is 0 Å². The van der Waals surface area contributed by atoms with Gasteiger partial charge in [-0.3, -0.25) is 9.73 Å². The summed E-state index contributed by atoms with van der Waals surface area (Å²) in [6.45, 7) is 7.25. The van der Waals surface area contributed by atoms with Gasteiger partial charge in [0.25, 0.3) is 0 Å². The lowest BCUT2D eigenvalue weighted by Gasteiger charge is -2.22. The predicted molar refractivity (Wildman–Crippen MR) is 40.7 cm³/mol. The molecule has 48 valence electrons. The summed E-state index contributed by atoms with van der Waals surface area (Å²) < 4.78 is 1.52. The van der Waals surface area contributed by atoms with Crippen molar-refractivity contribution in [3.05, 3.63) is 24.7 Å². The molecule has 9 heavy (non-hydrogen) atoms. The Labute approximate surface area is 59.3 Å². The number of hydrazone groups is 1. The molecule has 0 radical (unpaired) electrons. The summed E-state index contributed by atoms with van der Waals surface area (Å²) in [4.78, 5) is 0. The highest BCUT2D eigenvalue weighted by molar-refractivity contribution is 7.78. The van der Waals surface area contributed by atoms with Crippen LogP contribution in [0.4, 0.5) is 0 Å². The van der Waals surface area contributed by atoms with E-state index in [1.165, 1.54) is 4.31 Å². The van der Waals surface area contributed by atoms with Gasteiger partial charge in [-0.1, -0.05) is 26.0 Å². The van der Waals surface area contributed by atoms with E-state index in [9.17, 15) is 0 Å². The summed E-state index contributed by atoms with van der Waals surface area (Å²) in [5.74, 6) is 0.617. The van der Waals surface area contributed by atoms with E-state index in [0.717, 1.165) is 0 Å². The van der Waals surface area contributed by atoms with Crippen molar-refractivity contribution in [3.63, 3.8) is 0 Å². The molecule has 0 saturated heterocycles. The second-order valence-electron chi connectivity index (χ2n) is 1.62. The van der Waals surface area contributed by atoms with Gasteiger partial charge in [0.15, 0.2) is 0 Å². The normalized spacial score (nSPS) is 18.1. The van der Waals surface area contributed by atoms with E-state index in [1.807, 2.05) is 0 Å². The second-order valence-corrected chi connectivity index (χ2v) is 2.02. The number of thiol groups is 1. The quantitative estimate of drug-likeness (QED) is 0.486. The third kappa shape index (κ3) is 1.08. The Morgan fingerprint density at radius 2 is 2.33 bits per heavy atom. The van der Waals surface area contributed by atoms with E-state index < -0.39 is 0 Å². The largest absolute Gasteiger partial charge is 0.271 e. The summed E-state index contributed by atoms with van der Waals surface area (Å²) in [7, 11) is 0. The molecule has 0 amide bonds. The highest BCUT2D eigenvalue weighted by Crippen LogP contribution is 2.11. The molecule has 1 heterocycles. The third-order valence-corrected chi connectivity index (χ3v) is 1.43. The molecule has 0 bridgehead atoms. The molecule has 1 N–H and O–H groups in total. The van der Waals surface area contributed by atoms with Gasteiger partial charge in [-0.15, -0.1) is 0 Å². The molecule has 0 aliphatic carbocycles. The van der Waals surface area contributed by atoms with E-state index in [1.54, 1.807) is 6.21 Å². The Morgan fingerprint density at radius 3 is 2.78 bits per heavy atom. The molecule has 0 unspecified atom stereocenters. The van der Waals surface area contributed by atoms with Crippen molar-refractivity contribution >= 4 is 19.0 Å². The van der Waals surface area contributed by atoms with Gasteiger partial charge in [0.05, 0.1) is 11.9 Å². The molecular formula is C5H7N3S.